The predicted molar refractivity (Wildman–Crippen MR) is 95.9 cm³/mol. The van der Waals surface area contributed by atoms with Crippen molar-refractivity contribution in [3.63, 3.8) is 0 Å². The van der Waals surface area contributed by atoms with E-state index in [9.17, 15) is 4.79 Å². The van der Waals surface area contributed by atoms with E-state index < -0.39 is 0 Å². The van der Waals surface area contributed by atoms with Gasteiger partial charge in [0, 0.05) is 29.8 Å². The van der Waals surface area contributed by atoms with Gasteiger partial charge in [-0.05, 0) is 68.1 Å². The van der Waals surface area contributed by atoms with Gasteiger partial charge >= 0.3 is 0 Å². The molecule has 2 aliphatic heterocycles. The lowest BCUT2D eigenvalue weighted by Gasteiger charge is -2.69. The van der Waals surface area contributed by atoms with Crippen LogP contribution in [-0.4, -0.2) is 36.6 Å². The molecule has 138 valence electrons. The van der Waals surface area contributed by atoms with Crippen molar-refractivity contribution in [1.29, 1.82) is 0 Å². The SMILES string of the molecule is C[C@@H]1C(=O)[C@@]23CC[C@H]4[C@@]5(CCC[C@@]4(C)C4OCCN4C5)[C@@H]2CC[C@@H]1C3. The van der Waals surface area contributed by atoms with Gasteiger partial charge in [-0.2, -0.15) is 0 Å². The first-order valence-corrected chi connectivity index (χ1v) is 10.9. The van der Waals surface area contributed by atoms with Crippen LogP contribution in [0.4, 0.5) is 0 Å². The van der Waals surface area contributed by atoms with E-state index in [2.05, 4.69) is 18.7 Å². The molecule has 6 rings (SSSR count). The van der Waals surface area contributed by atoms with Crippen LogP contribution < -0.4 is 0 Å². The summed E-state index contributed by atoms with van der Waals surface area (Å²) in [6.45, 7) is 8.02. The topological polar surface area (TPSA) is 29.5 Å². The molecule has 0 N–H and O–H groups in total. The molecule has 0 amide bonds. The van der Waals surface area contributed by atoms with Crippen molar-refractivity contribution in [2.45, 2.75) is 71.4 Å². The fraction of sp³-hybridized carbons (Fsp3) is 0.955. The quantitative estimate of drug-likeness (QED) is 0.669. The molecule has 2 heterocycles. The lowest BCUT2D eigenvalue weighted by molar-refractivity contribution is -0.249. The Hall–Kier alpha value is -0.410. The van der Waals surface area contributed by atoms with E-state index in [0.717, 1.165) is 19.1 Å². The molecule has 3 heteroatoms. The summed E-state index contributed by atoms with van der Waals surface area (Å²) in [7, 11) is 0. The summed E-state index contributed by atoms with van der Waals surface area (Å²) in [4.78, 5) is 16.1. The number of ether oxygens (including phenoxy) is 1. The highest BCUT2D eigenvalue weighted by Gasteiger charge is 2.72. The van der Waals surface area contributed by atoms with Gasteiger partial charge in [0.15, 0.2) is 0 Å². The number of carbonyl (C=O) groups is 1. The smallest absolute Gasteiger partial charge is 0.142 e. The zero-order chi connectivity index (χ0) is 17.0. The fourth-order valence-corrected chi connectivity index (χ4v) is 9.46. The maximum Gasteiger partial charge on any atom is 0.142 e. The fourth-order valence-electron chi connectivity index (χ4n) is 9.46. The molecular formula is C22H33NO2. The van der Waals surface area contributed by atoms with Crippen LogP contribution in [0.1, 0.15) is 65.2 Å². The molecule has 1 spiro atoms. The third kappa shape index (κ3) is 1.61. The maximum absolute atomic E-state index is 13.4. The molecule has 8 atom stereocenters. The molecule has 3 nitrogen and oxygen atoms in total. The highest BCUT2D eigenvalue weighted by Crippen LogP contribution is 2.73. The number of fused-ring (bicyclic) bond motifs is 3. The zero-order valence-corrected chi connectivity index (χ0v) is 15.9. The largest absolute Gasteiger partial charge is 0.361 e. The van der Waals surface area contributed by atoms with E-state index in [1.165, 1.54) is 57.9 Å². The summed E-state index contributed by atoms with van der Waals surface area (Å²) in [5.74, 6) is 3.13. The Bertz CT molecular complexity index is 634. The molecule has 0 radical (unpaired) electrons. The van der Waals surface area contributed by atoms with Crippen molar-refractivity contribution >= 4 is 5.78 Å². The highest BCUT2D eigenvalue weighted by molar-refractivity contribution is 5.90. The second-order valence-electron chi connectivity index (χ2n) is 10.8. The Morgan fingerprint density at radius 1 is 1.12 bits per heavy atom. The normalized spacial score (nSPS) is 60.1. The van der Waals surface area contributed by atoms with Crippen LogP contribution in [0.25, 0.3) is 0 Å². The van der Waals surface area contributed by atoms with E-state index in [0.29, 0.717) is 40.6 Å². The monoisotopic (exact) mass is 343 g/mol. The van der Waals surface area contributed by atoms with Crippen LogP contribution in [0, 0.1) is 39.9 Å². The van der Waals surface area contributed by atoms with Gasteiger partial charge < -0.3 is 4.74 Å². The number of ketones is 1. The van der Waals surface area contributed by atoms with Crippen molar-refractivity contribution in [3.05, 3.63) is 0 Å². The minimum atomic E-state index is 0.0600. The molecule has 4 aliphatic carbocycles. The highest BCUT2D eigenvalue weighted by atomic mass is 16.5. The van der Waals surface area contributed by atoms with E-state index in [1.807, 2.05) is 0 Å². The minimum absolute atomic E-state index is 0.0600. The van der Waals surface area contributed by atoms with Gasteiger partial charge in [0.2, 0.25) is 0 Å². The molecular weight excluding hydrogens is 310 g/mol. The summed E-state index contributed by atoms with van der Waals surface area (Å²) >= 11 is 0. The third-order valence-electron chi connectivity index (χ3n) is 10.2. The van der Waals surface area contributed by atoms with E-state index >= 15 is 0 Å². The Morgan fingerprint density at radius 3 is 2.88 bits per heavy atom. The molecule has 0 aromatic rings. The molecule has 4 saturated carbocycles. The van der Waals surface area contributed by atoms with Gasteiger partial charge in [-0.15, -0.1) is 0 Å². The molecule has 0 aromatic heterocycles. The first kappa shape index (κ1) is 15.6. The molecule has 6 aliphatic rings. The van der Waals surface area contributed by atoms with Gasteiger partial charge in [0.25, 0.3) is 0 Å². The molecule has 6 fully saturated rings. The average molecular weight is 344 g/mol. The lowest BCUT2D eigenvalue weighted by atomic mass is 9.38. The van der Waals surface area contributed by atoms with Crippen molar-refractivity contribution in [2.75, 3.05) is 19.7 Å². The first-order chi connectivity index (χ1) is 12.0. The Labute approximate surface area is 151 Å². The molecule has 0 aromatic carbocycles. The van der Waals surface area contributed by atoms with Crippen LogP contribution >= 0.6 is 0 Å². The number of piperidine rings is 1. The molecule has 1 unspecified atom stereocenters. The van der Waals surface area contributed by atoms with Crippen LogP contribution in [0.5, 0.6) is 0 Å². The second-order valence-corrected chi connectivity index (χ2v) is 10.8. The molecule has 4 bridgehead atoms. The van der Waals surface area contributed by atoms with Crippen molar-refractivity contribution < 1.29 is 9.53 Å². The summed E-state index contributed by atoms with van der Waals surface area (Å²) in [6.07, 6.45) is 10.7. The summed E-state index contributed by atoms with van der Waals surface area (Å²) in [5, 5.41) is 0. The van der Waals surface area contributed by atoms with Crippen molar-refractivity contribution in [2.24, 2.45) is 39.9 Å². The average Bonchev–Trinajstić information content (AvgIpc) is 3.13. The third-order valence-corrected chi connectivity index (χ3v) is 10.2. The standard InChI is InChI=1S/C22H33NO2/c1-14-15-4-5-17-21(12-15,18(14)24)9-6-16-20(2)7-3-8-22(16,17)13-23-10-11-25-19(20)23/h14-17,19H,3-13H2,1-2H3/t14-,15+,16+,17+,19?,20+,21+,22-/m0/s1. The number of hydrogen-bond donors (Lipinski definition) is 0. The number of Topliss-reactive ketones (excluding diaryl/α,β-unsaturated/α-hetero) is 1. The van der Waals surface area contributed by atoms with Crippen LogP contribution in [0.2, 0.25) is 0 Å². The molecule has 2 saturated heterocycles. The van der Waals surface area contributed by atoms with Crippen LogP contribution in [0.15, 0.2) is 0 Å². The summed E-state index contributed by atoms with van der Waals surface area (Å²) in [5.41, 5.74) is 0.781. The number of nitrogens with zero attached hydrogens (tertiary/aromatic N) is 1. The van der Waals surface area contributed by atoms with Gasteiger partial charge in [0.1, 0.15) is 12.0 Å². The second kappa shape index (κ2) is 4.70. The number of carbonyl (C=O) groups excluding carboxylic acids is 1. The van der Waals surface area contributed by atoms with Gasteiger partial charge in [-0.3, -0.25) is 9.69 Å². The Morgan fingerprint density at radius 2 is 2.00 bits per heavy atom. The van der Waals surface area contributed by atoms with E-state index in [4.69, 9.17) is 4.74 Å². The number of rotatable bonds is 0. The molecule has 25 heavy (non-hydrogen) atoms. The van der Waals surface area contributed by atoms with Crippen molar-refractivity contribution in [1.82, 2.24) is 4.90 Å². The Kier molecular flexibility index (Phi) is 2.94. The van der Waals surface area contributed by atoms with Crippen LogP contribution in [0.3, 0.4) is 0 Å². The number of hydrogen-bond acceptors (Lipinski definition) is 3. The van der Waals surface area contributed by atoms with Gasteiger partial charge in [0.05, 0.1) is 6.61 Å². The first-order valence-electron chi connectivity index (χ1n) is 10.9. The summed E-state index contributed by atoms with van der Waals surface area (Å²) in [6, 6.07) is 0. The Balaban J connectivity index is 1.49. The van der Waals surface area contributed by atoms with E-state index in [1.54, 1.807) is 0 Å². The van der Waals surface area contributed by atoms with Gasteiger partial charge in [-0.25, -0.2) is 0 Å². The minimum Gasteiger partial charge on any atom is -0.361 e. The van der Waals surface area contributed by atoms with Crippen molar-refractivity contribution in [3.8, 4) is 0 Å². The zero-order valence-electron chi connectivity index (χ0n) is 15.9. The predicted octanol–water partition coefficient (Wildman–Crippen LogP) is 3.87. The van der Waals surface area contributed by atoms with E-state index in [-0.39, 0.29) is 5.41 Å². The summed E-state index contributed by atoms with van der Waals surface area (Å²) < 4.78 is 6.28. The van der Waals surface area contributed by atoms with Crippen LogP contribution in [-0.2, 0) is 9.53 Å². The lowest BCUT2D eigenvalue weighted by Crippen LogP contribution is -2.70. The maximum atomic E-state index is 13.4. The van der Waals surface area contributed by atoms with Gasteiger partial charge in [-0.1, -0.05) is 20.3 Å².